The second-order valence-electron chi connectivity index (χ2n) is 12.1. The van der Waals surface area contributed by atoms with Gasteiger partial charge < -0.3 is 9.47 Å². The van der Waals surface area contributed by atoms with Crippen LogP contribution in [0.5, 0.6) is 0 Å². The van der Waals surface area contributed by atoms with Crippen molar-refractivity contribution in [1.29, 1.82) is 0 Å². The number of rotatable bonds is 10. The number of allylic oxidation sites excluding steroid dienone is 2. The van der Waals surface area contributed by atoms with Crippen molar-refractivity contribution in [3.63, 3.8) is 0 Å². The molecule has 0 atom stereocenters. The maximum absolute atomic E-state index is 13.9. The summed E-state index contributed by atoms with van der Waals surface area (Å²) in [6, 6.07) is 9.26. The summed E-state index contributed by atoms with van der Waals surface area (Å²) in [5.41, 5.74) is 2.85. The van der Waals surface area contributed by atoms with Crippen LogP contribution in [0.3, 0.4) is 0 Å². The molecule has 6 heteroatoms. The second-order valence-corrected chi connectivity index (χ2v) is 12.1. The number of ether oxygens (including phenoxy) is 2. The normalized spacial score (nSPS) is 31.3. The Morgan fingerprint density at radius 1 is 0.842 bits per heavy atom. The molecule has 214 valence electrons. The van der Waals surface area contributed by atoms with Gasteiger partial charge in [0.1, 0.15) is 5.83 Å². The number of benzene rings is 1. The molecule has 2 saturated carbocycles. The van der Waals surface area contributed by atoms with Crippen LogP contribution in [0.25, 0.3) is 0 Å². The molecule has 0 amide bonds. The molecular weight excluding hydrogens is 492 g/mol. The van der Waals surface area contributed by atoms with Gasteiger partial charge in [-0.1, -0.05) is 56.9 Å². The number of alkyl halides is 3. The lowest BCUT2D eigenvalue weighted by molar-refractivity contribution is -0.229. The Balaban J connectivity index is 1.12. The smallest absolute Gasteiger partial charge is 0.352 e. The molecule has 2 nitrogen and oxygen atoms in total. The van der Waals surface area contributed by atoms with E-state index < -0.39 is 17.9 Å². The predicted octanol–water partition coefficient (Wildman–Crippen LogP) is 9.68. The molecule has 0 aromatic heterocycles. The summed E-state index contributed by atoms with van der Waals surface area (Å²) < 4.78 is 63.2. The molecule has 38 heavy (non-hydrogen) atoms. The number of unbranched alkanes of at least 4 members (excludes halogenated alkanes) is 2. The molecule has 1 aromatic rings. The first kappa shape index (κ1) is 29.6. The van der Waals surface area contributed by atoms with Gasteiger partial charge >= 0.3 is 6.18 Å². The Bertz CT molecular complexity index is 841. The van der Waals surface area contributed by atoms with Crippen molar-refractivity contribution in [2.75, 3.05) is 13.2 Å². The highest BCUT2D eigenvalue weighted by atomic mass is 19.4. The van der Waals surface area contributed by atoms with E-state index in [0.29, 0.717) is 44.8 Å². The molecule has 0 unspecified atom stereocenters. The summed E-state index contributed by atoms with van der Waals surface area (Å²) in [6.07, 6.45) is 9.90. The summed E-state index contributed by atoms with van der Waals surface area (Å²) in [4.78, 5) is 0. The Kier molecular flexibility index (Phi) is 11.1. The highest BCUT2D eigenvalue weighted by molar-refractivity contribution is 5.26. The third kappa shape index (κ3) is 9.08. The molecule has 1 aromatic carbocycles. The monoisotopic (exact) mass is 538 g/mol. The molecule has 0 N–H and O–H groups in total. The quantitative estimate of drug-likeness (QED) is 0.218. The molecule has 4 rings (SSSR count). The van der Waals surface area contributed by atoms with Gasteiger partial charge in [-0.2, -0.15) is 13.2 Å². The van der Waals surface area contributed by atoms with E-state index in [1.165, 1.54) is 62.5 Å². The van der Waals surface area contributed by atoms with Crippen LogP contribution in [-0.2, 0) is 15.9 Å². The Morgan fingerprint density at radius 3 is 2.11 bits per heavy atom. The molecule has 3 fully saturated rings. The van der Waals surface area contributed by atoms with Crippen molar-refractivity contribution in [3.8, 4) is 0 Å². The largest absolute Gasteiger partial charge is 0.412 e. The van der Waals surface area contributed by atoms with Crippen LogP contribution in [0.2, 0.25) is 0 Å². The van der Waals surface area contributed by atoms with Crippen molar-refractivity contribution in [3.05, 3.63) is 47.3 Å². The van der Waals surface area contributed by atoms with Crippen LogP contribution >= 0.6 is 0 Å². The van der Waals surface area contributed by atoms with Crippen molar-refractivity contribution in [1.82, 2.24) is 0 Å². The van der Waals surface area contributed by atoms with Gasteiger partial charge in [-0.3, -0.25) is 0 Å². The Hall–Kier alpha value is -1.40. The maximum atomic E-state index is 13.9. The molecule has 1 heterocycles. The summed E-state index contributed by atoms with van der Waals surface area (Å²) >= 11 is 0. The van der Waals surface area contributed by atoms with E-state index in [0.717, 1.165) is 24.7 Å². The van der Waals surface area contributed by atoms with Gasteiger partial charge in [-0.15, -0.1) is 0 Å². The minimum absolute atomic E-state index is 0.129. The third-order valence-corrected chi connectivity index (χ3v) is 9.20. The summed E-state index contributed by atoms with van der Waals surface area (Å²) in [7, 11) is 0. The van der Waals surface area contributed by atoms with E-state index >= 15 is 0 Å². The number of aryl methyl sites for hydroxylation is 1. The zero-order valence-electron chi connectivity index (χ0n) is 23.0. The van der Waals surface area contributed by atoms with Crippen molar-refractivity contribution in [2.45, 2.75) is 115 Å². The van der Waals surface area contributed by atoms with E-state index in [2.05, 4.69) is 31.2 Å². The zero-order valence-corrected chi connectivity index (χ0v) is 23.0. The topological polar surface area (TPSA) is 18.5 Å². The fourth-order valence-corrected chi connectivity index (χ4v) is 6.73. The number of halogens is 4. The van der Waals surface area contributed by atoms with E-state index in [-0.39, 0.29) is 18.3 Å². The summed E-state index contributed by atoms with van der Waals surface area (Å²) in [6.45, 7) is 3.57. The molecule has 2 aliphatic carbocycles. The Morgan fingerprint density at radius 2 is 1.50 bits per heavy atom. The lowest BCUT2D eigenvalue weighted by Gasteiger charge is -2.37. The fraction of sp³-hybridized carbons (Fsp3) is 0.750. The van der Waals surface area contributed by atoms with Crippen molar-refractivity contribution in [2.24, 2.45) is 23.7 Å². The maximum Gasteiger partial charge on any atom is 0.412 e. The van der Waals surface area contributed by atoms with Gasteiger partial charge in [0.15, 0.2) is 6.29 Å². The molecular formula is C32H46F4O2. The van der Waals surface area contributed by atoms with Crippen molar-refractivity contribution >= 4 is 0 Å². The Labute approximate surface area is 226 Å². The minimum atomic E-state index is -4.60. The van der Waals surface area contributed by atoms with Gasteiger partial charge in [0.05, 0.1) is 19.3 Å². The first-order valence-corrected chi connectivity index (χ1v) is 15.1. The third-order valence-electron chi connectivity index (χ3n) is 9.20. The van der Waals surface area contributed by atoms with Crippen LogP contribution in [-0.4, -0.2) is 25.7 Å². The van der Waals surface area contributed by atoms with Gasteiger partial charge in [0.25, 0.3) is 0 Å². The predicted molar refractivity (Wildman–Crippen MR) is 143 cm³/mol. The van der Waals surface area contributed by atoms with E-state index in [4.69, 9.17) is 9.47 Å². The van der Waals surface area contributed by atoms with Crippen LogP contribution in [0.1, 0.15) is 107 Å². The van der Waals surface area contributed by atoms with E-state index in [9.17, 15) is 17.6 Å². The van der Waals surface area contributed by atoms with Gasteiger partial charge in [0.2, 0.25) is 0 Å². The van der Waals surface area contributed by atoms with Crippen molar-refractivity contribution < 1.29 is 27.0 Å². The highest BCUT2D eigenvalue weighted by Gasteiger charge is 2.35. The molecule has 1 aliphatic heterocycles. The molecule has 0 spiro atoms. The van der Waals surface area contributed by atoms with Crippen LogP contribution in [0.15, 0.2) is 36.2 Å². The SMILES string of the molecule is CCCCCC1CCC(c2ccc(CCC3COC(C4CCC(C(F)=CC(F)(F)F)CC4)OC3)cc2)CC1. The first-order valence-electron chi connectivity index (χ1n) is 15.1. The van der Waals surface area contributed by atoms with Crippen LogP contribution in [0, 0.1) is 23.7 Å². The molecule has 0 bridgehead atoms. The first-order chi connectivity index (χ1) is 18.3. The fourth-order valence-electron chi connectivity index (χ4n) is 6.73. The standard InChI is InChI=1S/C32H46F4O2/c1-2-3-4-5-23-8-12-26(13-9-23)27-14-10-24(11-15-27)6-7-25-21-37-31(38-22-25)29-18-16-28(17-19-29)30(33)20-32(34,35)36/h10-11,14-15,20,23,25-26,28-29,31H,2-9,12-13,16-19,21-22H2,1H3. The second kappa shape index (κ2) is 14.3. The minimum Gasteiger partial charge on any atom is -0.352 e. The lowest BCUT2D eigenvalue weighted by atomic mass is 9.77. The summed E-state index contributed by atoms with van der Waals surface area (Å²) in [5, 5.41) is 0. The number of hydrogen-bond acceptors (Lipinski definition) is 2. The van der Waals surface area contributed by atoms with E-state index in [1.54, 1.807) is 0 Å². The van der Waals surface area contributed by atoms with Crippen LogP contribution < -0.4 is 0 Å². The van der Waals surface area contributed by atoms with Crippen LogP contribution in [0.4, 0.5) is 17.6 Å². The van der Waals surface area contributed by atoms with Gasteiger partial charge in [0, 0.05) is 17.8 Å². The zero-order chi connectivity index (χ0) is 27.0. The molecule has 3 aliphatic rings. The average Bonchev–Trinajstić information content (AvgIpc) is 2.92. The number of hydrogen-bond donors (Lipinski definition) is 0. The average molecular weight is 539 g/mol. The molecule has 0 radical (unpaired) electrons. The lowest BCUT2D eigenvalue weighted by Crippen LogP contribution is -2.38. The van der Waals surface area contributed by atoms with E-state index in [1.807, 2.05) is 0 Å². The van der Waals surface area contributed by atoms with Gasteiger partial charge in [-0.05, 0) is 87.2 Å². The summed E-state index contributed by atoms with van der Waals surface area (Å²) in [5.74, 6) is 0.453. The molecule has 1 saturated heterocycles. The van der Waals surface area contributed by atoms with Gasteiger partial charge in [-0.25, -0.2) is 4.39 Å². The highest BCUT2D eigenvalue weighted by Crippen LogP contribution is 2.40.